The topological polar surface area (TPSA) is 39.3 Å². The number of aromatic nitrogens is 1. The second kappa shape index (κ2) is 7.44. The molecule has 1 amide bonds. The van der Waals surface area contributed by atoms with Crippen LogP contribution in [0.15, 0.2) is 54.6 Å². The first-order chi connectivity index (χ1) is 13.8. The van der Waals surface area contributed by atoms with E-state index < -0.39 is 0 Å². The van der Waals surface area contributed by atoms with Crippen LogP contribution in [-0.4, -0.2) is 46.9 Å². The minimum atomic E-state index is 0.132. The molecule has 28 heavy (non-hydrogen) atoms. The highest BCUT2D eigenvalue weighted by Crippen LogP contribution is 2.32. The van der Waals surface area contributed by atoms with Crippen molar-refractivity contribution in [2.45, 2.75) is 25.8 Å². The van der Waals surface area contributed by atoms with Gasteiger partial charge in [0.15, 0.2) is 0 Å². The van der Waals surface area contributed by atoms with E-state index in [0.717, 1.165) is 52.0 Å². The van der Waals surface area contributed by atoms with Crippen LogP contribution in [0.1, 0.15) is 23.2 Å². The molecule has 0 spiro atoms. The van der Waals surface area contributed by atoms with Gasteiger partial charge in [-0.3, -0.25) is 9.69 Å². The molecule has 1 N–H and O–H groups in total. The summed E-state index contributed by atoms with van der Waals surface area (Å²) >= 11 is 0. The summed E-state index contributed by atoms with van der Waals surface area (Å²) in [6.07, 6.45) is 2.82. The van der Waals surface area contributed by atoms with Gasteiger partial charge in [-0.1, -0.05) is 48.5 Å². The van der Waals surface area contributed by atoms with Gasteiger partial charge in [0, 0.05) is 55.2 Å². The van der Waals surface area contributed by atoms with Gasteiger partial charge in [-0.05, 0) is 36.5 Å². The van der Waals surface area contributed by atoms with E-state index >= 15 is 0 Å². The average molecular weight is 374 g/mol. The number of hydrogen-bond acceptors (Lipinski definition) is 2. The second-order valence-corrected chi connectivity index (χ2v) is 8.15. The van der Waals surface area contributed by atoms with Crippen molar-refractivity contribution in [3.63, 3.8) is 0 Å². The lowest BCUT2D eigenvalue weighted by Gasteiger charge is -2.37. The van der Waals surface area contributed by atoms with Crippen LogP contribution >= 0.6 is 0 Å². The number of nitrogens with one attached hydrogen (secondary N) is 1. The van der Waals surface area contributed by atoms with Crippen LogP contribution in [-0.2, 0) is 24.2 Å². The van der Waals surface area contributed by atoms with Crippen molar-refractivity contribution in [2.24, 2.45) is 5.92 Å². The van der Waals surface area contributed by atoms with Crippen molar-refractivity contribution in [2.75, 3.05) is 26.2 Å². The Balaban J connectivity index is 1.22. The van der Waals surface area contributed by atoms with E-state index in [-0.39, 0.29) is 5.92 Å². The molecule has 2 heterocycles. The van der Waals surface area contributed by atoms with Crippen LogP contribution in [0.25, 0.3) is 10.9 Å². The monoisotopic (exact) mass is 373 g/mol. The van der Waals surface area contributed by atoms with E-state index in [9.17, 15) is 4.79 Å². The van der Waals surface area contributed by atoms with E-state index in [1.54, 1.807) is 0 Å². The summed E-state index contributed by atoms with van der Waals surface area (Å²) in [5, 5.41) is 1.29. The maximum Gasteiger partial charge on any atom is 0.226 e. The zero-order valence-corrected chi connectivity index (χ0v) is 16.2. The molecule has 0 radical (unpaired) electrons. The summed E-state index contributed by atoms with van der Waals surface area (Å²) < 4.78 is 0. The SMILES string of the molecule is O=C(C1CCc2[nH]c3ccccc3c2C1)N1CCN(Cc2ccccc2)CC1. The Morgan fingerprint density at radius 3 is 2.54 bits per heavy atom. The van der Waals surface area contributed by atoms with Gasteiger partial charge < -0.3 is 9.88 Å². The van der Waals surface area contributed by atoms with Crippen molar-refractivity contribution in [1.82, 2.24) is 14.8 Å². The number of carbonyl (C=O) groups excluding carboxylic acids is 1. The number of benzene rings is 2. The van der Waals surface area contributed by atoms with Gasteiger partial charge in [0.1, 0.15) is 0 Å². The number of H-pyrrole nitrogens is 1. The maximum absolute atomic E-state index is 13.2. The number of carbonyl (C=O) groups is 1. The number of piperazine rings is 1. The number of fused-ring (bicyclic) bond motifs is 3. The van der Waals surface area contributed by atoms with Gasteiger partial charge in [-0.2, -0.15) is 0 Å². The summed E-state index contributed by atoms with van der Waals surface area (Å²) in [6.45, 7) is 4.61. The van der Waals surface area contributed by atoms with Gasteiger partial charge >= 0.3 is 0 Å². The van der Waals surface area contributed by atoms with Gasteiger partial charge in [-0.25, -0.2) is 0 Å². The summed E-state index contributed by atoms with van der Waals surface area (Å²) in [5.41, 5.74) is 5.25. The van der Waals surface area contributed by atoms with E-state index in [1.807, 2.05) is 0 Å². The van der Waals surface area contributed by atoms with E-state index in [4.69, 9.17) is 0 Å². The quantitative estimate of drug-likeness (QED) is 0.762. The number of para-hydroxylation sites is 1. The van der Waals surface area contributed by atoms with Gasteiger partial charge in [0.25, 0.3) is 0 Å². The average Bonchev–Trinajstić information content (AvgIpc) is 3.12. The fourth-order valence-electron chi connectivity index (χ4n) is 4.81. The summed E-state index contributed by atoms with van der Waals surface area (Å²) in [6, 6.07) is 19.1. The second-order valence-electron chi connectivity index (χ2n) is 8.15. The standard InChI is InChI=1S/C24H27N3O/c28-24(27-14-12-26(13-15-27)17-18-6-2-1-3-7-18)19-10-11-23-21(16-19)20-8-4-5-9-22(20)25-23/h1-9,19,25H,10-17H2. The maximum atomic E-state index is 13.2. The molecule has 144 valence electrons. The fourth-order valence-corrected chi connectivity index (χ4v) is 4.81. The van der Waals surface area contributed by atoms with E-state index in [1.165, 1.54) is 27.7 Å². The lowest BCUT2D eigenvalue weighted by atomic mass is 9.85. The molecular weight excluding hydrogens is 346 g/mol. The lowest BCUT2D eigenvalue weighted by molar-refractivity contribution is -0.137. The minimum absolute atomic E-state index is 0.132. The molecule has 4 heteroatoms. The molecule has 1 aliphatic heterocycles. The van der Waals surface area contributed by atoms with Crippen molar-refractivity contribution < 1.29 is 4.79 Å². The Morgan fingerprint density at radius 2 is 1.71 bits per heavy atom. The third kappa shape index (κ3) is 3.33. The number of amides is 1. The molecule has 0 saturated carbocycles. The van der Waals surface area contributed by atoms with Crippen molar-refractivity contribution in [1.29, 1.82) is 0 Å². The Bertz CT molecular complexity index is 970. The molecule has 1 unspecified atom stereocenters. The van der Waals surface area contributed by atoms with Crippen molar-refractivity contribution in [3.8, 4) is 0 Å². The lowest BCUT2D eigenvalue weighted by Crippen LogP contribution is -2.50. The highest BCUT2D eigenvalue weighted by molar-refractivity contribution is 5.87. The van der Waals surface area contributed by atoms with Crippen LogP contribution in [0.3, 0.4) is 0 Å². The predicted octanol–water partition coefficient (Wildman–Crippen LogP) is 3.62. The van der Waals surface area contributed by atoms with Crippen molar-refractivity contribution in [3.05, 3.63) is 71.4 Å². The zero-order valence-electron chi connectivity index (χ0n) is 16.2. The predicted molar refractivity (Wildman–Crippen MR) is 112 cm³/mol. The highest BCUT2D eigenvalue weighted by Gasteiger charge is 2.31. The number of aryl methyl sites for hydroxylation is 1. The molecule has 1 aromatic heterocycles. The number of hydrogen-bond donors (Lipinski definition) is 1. The highest BCUT2D eigenvalue weighted by atomic mass is 16.2. The first kappa shape index (κ1) is 17.5. The molecule has 2 aliphatic rings. The third-order valence-electron chi connectivity index (χ3n) is 6.38. The normalized spacial score (nSPS) is 20.3. The van der Waals surface area contributed by atoms with Crippen molar-refractivity contribution >= 4 is 16.8 Å². The number of rotatable bonds is 3. The van der Waals surface area contributed by atoms with Crippen LogP contribution in [0.2, 0.25) is 0 Å². The first-order valence-electron chi connectivity index (χ1n) is 10.4. The minimum Gasteiger partial charge on any atom is -0.358 e. The van der Waals surface area contributed by atoms with Gasteiger partial charge in [0.2, 0.25) is 5.91 Å². The molecule has 0 bridgehead atoms. The Hall–Kier alpha value is -2.59. The largest absolute Gasteiger partial charge is 0.358 e. The Labute approximate surface area is 166 Å². The Kier molecular flexibility index (Phi) is 4.65. The number of nitrogens with zero attached hydrogens (tertiary/aromatic N) is 2. The van der Waals surface area contributed by atoms with Crippen LogP contribution in [0, 0.1) is 5.92 Å². The molecule has 1 aliphatic carbocycles. The molecule has 1 saturated heterocycles. The third-order valence-corrected chi connectivity index (χ3v) is 6.38. The first-order valence-corrected chi connectivity index (χ1v) is 10.4. The summed E-state index contributed by atoms with van der Waals surface area (Å²) in [5.74, 6) is 0.489. The molecule has 4 nitrogen and oxygen atoms in total. The molecule has 1 atom stereocenters. The fraction of sp³-hybridized carbons (Fsp3) is 0.375. The molecule has 2 aromatic carbocycles. The van der Waals surface area contributed by atoms with E-state index in [0.29, 0.717) is 5.91 Å². The van der Waals surface area contributed by atoms with Gasteiger partial charge in [0.05, 0.1) is 0 Å². The van der Waals surface area contributed by atoms with Crippen LogP contribution in [0.5, 0.6) is 0 Å². The molecule has 3 aromatic rings. The van der Waals surface area contributed by atoms with Crippen LogP contribution < -0.4 is 0 Å². The molecule has 1 fully saturated rings. The van der Waals surface area contributed by atoms with Gasteiger partial charge in [-0.15, -0.1) is 0 Å². The Morgan fingerprint density at radius 1 is 0.964 bits per heavy atom. The molecule has 5 rings (SSSR count). The van der Waals surface area contributed by atoms with Crippen LogP contribution in [0.4, 0.5) is 0 Å². The van der Waals surface area contributed by atoms with E-state index in [2.05, 4.69) is 69.4 Å². The zero-order chi connectivity index (χ0) is 18.9. The molecular formula is C24H27N3O. The number of aromatic amines is 1. The summed E-state index contributed by atoms with van der Waals surface area (Å²) in [7, 11) is 0. The summed E-state index contributed by atoms with van der Waals surface area (Å²) in [4.78, 5) is 21.3. The smallest absolute Gasteiger partial charge is 0.226 e.